The van der Waals surface area contributed by atoms with E-state index < -0.39 is 6.04 Å². The molecule has 1 aliphatic rings. The van der Waals surface area contributed by atoms with Gasteiger partial charge in [0.15, 0.2) is 0 Å². The summed E-state index contributed by atoms with van der Waals surface area (Å²) < 4.78 is 14.8. The number of hydrogen-bond acceptors (Lipinski definition) is 2. The second kappa shape index (κ2) is 13.9. The Balaban J connectivity index is 1.60. The van der Waals surface area contributed by atoms with Crippen LogP contribution in [0, 0.1) is 5.82 Å². The van der Waals surface area contributed by atoms with Crippen LogP contribution in [0.1, 0.15) is 67.7 Å². The Kier molecular flexibility index (Phi) is 10.1. The maximum Gasteiger partial charge on any atom is 0.243 e. The van der Waals surface area contributed by atoms with Gasteiger partial charge < -0.3 is 10.2 Å². The molecule has 5 heteroatoms. The van der Waals surface area contributed by atoms with E-state index in [0.717, 1.165) is 43.2 Å². The van der Waals surface area contributed by atoms with Crippen molar-refractivity contribution in [3.63, 3.8) is 0 Å². The first-order valence-electron chi connectivity index (χ1n) is 14.0. The molecule has 2 amide bonds. The van der Waals surface area contributed by atoms with Gasteiger partial charge in [0.25, 0.3) is 0 Å². The van der Waals surface area contributed by atoms with Crippen LogP contribution < -0.4 is 5.32 Å². The maximum atomic E-state index is 14.8. The van der Waals surface area contributed by atoms with Crippen molar-refractivity contribution in [3.8, 4) is 0 Å². The van der Waals surface area contributed by atoms with E-state index >= 15 is 0 Å². The number of carbonyl (C=O) groups excluding carboxylic acids is 2. The highest BCUT2D eigenvalue weighted by molar-refractivity contribution is 5.88. The van der Waals surface area contributed by atoms with Crippen molar-refractivity contribution in [2.45, 2.75) is 83.3 Å². The van der Waals surface area contributed by atoms with Crippen molar-refractivity contribution in [3.05, 3.63) is 107 Å². The Hall–Kier alpha value is -3.47. The summed E-state index contributed by atoms with van der Waals surface area (Å²) in [6.07, 6.45) is 7.47. The van der Waals surface area contributed by atoms with Crippen LogP contribution in [0.25, 0.3) is 0 Å². The Labute approximate surface area is 226 Å². The van der Waals surface area contributed by atoms with Crippen LogP contribution in [-0.2, 0) is 35.4 Å². The Bertz CT molecular complexity index is 1170. The summed E-state index contributed by atoms with van der Waals surface area (Å²) in [6, 6.07) is 24.0. The van der Waals surface area contributed by atoms with Crippen LogP contribution in [0.5, 0.6) is 0 Å². The van der Waals surface area contributed by atoms with E-state index in [1.807, 2.05) is 30.3 Å². The quantitative estimate of drug-likeness (QED) is 0.321. The van der Waals surface area contributed by atoms with Gasteiger partial charge in [-0.15, -0.1) is 0 Å². The molecule has 4 nitrogen and oxygen atoms in total. The first kappa shape index (κ1) is 27.6. The van der Waals surface area contributed by atoms with Crippen LogP contribution in [0.2, 0.25) is 0 Å². The lowest BCUT2D eigenvalue weighted by atomic mass is 9.94. The Morgan fingerprint density at radius 2 is 1.53 bits per heavy atom. The molecule has 0 radical (unpaired) electrons. The van der Waals surface area contributed by atoms with E-state index in [-0.39, 0.29) is 36.6 Å². The highest BCUT2D eigenvalue weighted by Gasteiger charge is 2.32. The molecule has 1 aliphatic carbocycles. The SMILES string of the molecule is CCc1ccc(CCC(=O)N(Cc2ccccc2F)[C@@H](Cc2ccccc2)C(=O)NC2CCCCC2)cc1. The van der Waals surface area contributed by atoms with Gasteiger partial charge in [-0.2, -0.15) is 0 Å². The fourth-order valence-electron chi connectivity index (χ4n) is 5.24. The number of hydrogen-bond donors (Lipinski definition) is 1. The average molecular weight is 515 g/mol. The van der Waals surface area contributed by atoms with E-state index in [0.29, 0.717) is 18.4 Å². The van der Waals surface area contributed by atoms with E-state index in [9.17, 15) is 14.0 Å². The lowest BCUT2D eigenvalue weighted by molar-refractivity contribution is -0.141. The fourth-order valence-corrected chi connectivity index (χ4v) is 5.24. The minimum absolute atomic E-state index is 0.0515. The summed E-state index contributed by atoms with van der Waals surface area (Å²) in [5.41, 5.74) is 3.71. The standard InChI is InChI=1S/C33H39FN2O2/c1-2-25-17-19-26(20-18-25)21-22-32(37)36(24-28-13-9-10-16-30(28)34)31(23-27-11-5-3-6-12-27)33(38)35-29-14-7-4-8-15-29/h3,5-6,9-13,16-20,29,31H,2,4,7-8,14-15,21-24H2,1H3,(H,35,38)/t31-/m0/s1. The molecule has 0 unspecified atom stereocenters. The first-order valence-corrected chi connectivity index (χ1v) is 14.0. The second-order valence-electron chi connectivity index (χ2n) is 10.3. The minimum Gasteiger partial charge on any atom is -0.352 e. The first-order chi connectivity index (χ1) is 18.5. The number of nitrogens with zero attached hydrogens (tertiary/aromatic N) is 1. The molecule has 0 heterocycles. The molecule has 0 spiro atoms. The van der Waals surface area contributed by atoms with Gasteiger partial charge in [0.05, 0.1) is 0 Å². The van der Waals surface area contributed by atoms with E-state index in [1.165, 1.54) is 18.1 Å². The molecule has 0 saturated heterocycles. The molecule has 0 bridgehead atoms. The third-order valence-corrected chi connectivity index (χ3v) is 7.58. The fraction of sp³-hybridized carbons (Fsp3) is 0.394. The van der Waals surface area contributed by atoms with Gasteiger partial charge in [-0.25, -0.2) is 4.39 Å². The number of rotatable bonds is 11. The van der Waals surface area contributed by atoms with Gasteiger partial charge in [0, 0.05) is 31.0 Å². The Morgan fingerprint density at radius 3 is 2.21 bits per heavy atom. The van der Waals surface area contributed by atoms with Crippen molar-refractivity contribution in [1.29, 1.82) is 0 Å². The molecular weight excluding hydrogens is 475 g/mol. The highest BCUT2D eigenvalue weighted by atomic mass is 19.1. The van der Waals surface area contributed by atoms with E-state index in [1.54, 1.807) is 23.1 Å². The van der Waals surface area contributed by atoms with Crippen molar-refractivity contribution in [2.75, 3.05) is 0 Å². The lowest BCUT2D eigenvalue weighted by Gasteiger charge is -2.33. The number of benzene rings is 3. The maximum absolute atomic E-state index is 14.8. The molecule has 200 valence electrons. The molecule has 1 N–H and O–H groups in total. The molecule has 0 aromatic heterocycles. The third-order valence-electron chi connectivity index (χ3n) is 7.58. The largest absolute Gasteiger partial charge is 0.352 e. The predicted molar refractivity (Wildman–Crippen MR) is 150 cm³/mol. The number of halogens is 1. The molecule has 4 rings (SSSR count). The summed E-state index contributed by atoms with van der Waals surface area (Å²) in [6.45, 7) is 2.17. The van der Waals surface area contributed by atoms with Crippen LogP contribution in [-0.4, -0.2) is 28.8 Å². The predicted octanol–water partition coefficient (Wildman–Crippen LogP) is 6.41. The molecule has 1 atom stereocenters. The minimum atomic E-state index is -0.728. The summed E-state index contributed by atoms with van der Waals surface area (Å²) in [4.78, 5) is 29.2. The molecule has 3 aromatic rings. The zero-order valence-electron chi connectivity index (χ0n) is 22.4. The second-order valence-corrected chi connectivity index (χ2v) is 10.3. The smallest absolute Gasteiger partial charge is 0.243 e. The molecule has 3 aromatic carbocycles. The number of carbonyl (C=O) groups is 2. The van der Waals surface area contributed by atoms with E-state index in [2.05, 4.69) is 36.5 Å². The van der Waals surface area contributed by atoms with Gasteiger partial charge >= 0.3 is 0 Å². The number of aryl methyl sites for hydroxylation is 2. The van der Waals surface area contributed by atoms with Crippen LogP contribution >= 0.6 is 0 Å². The lowest BCUT2D eigenvalue weighted by Crippen LogP contribution is -2.53. The molecular formula is C33H39FN2O2. The summed E-state index contributed by atoms with van der Waals surface area (Å²) in [7, 11) is 0. The monoisotopic (exact) mass is 514 g/mol. The Morgan fingerprint density at radius 1 is 0.868 bits per heavy atom. The highest BCUT2D eigenvalue weighted by Crippen LogP contribution is 2.21. The van der Waals surface area contributed by atoms with Crippen LogP contribution in [0.4, 0.5) is 4.39 Å². The van der Waals surface area contributed by atoms with E-state index in [4.69, 9.17) is 0 Å². The number of nitrogens with one attached hydrogen (secondary N) is 1. The van der Waals surface area contributed by atoms with Gasteiger partial charge in [-0.3, -0.25) is 9.59 Å². The zero-order chi connectivity index (χ0) is 26.7. The topological polar surface area (TPSA) is 49.4 Å². The zero-order valence-corrected chi connectivity index (χ0v) is 22.4. The van der Waals surface area contributed by atoms with Crippen molar-refractivity contribution in [2.24, 2.45) is 0 Å². The normalized spacial score (nSPS) is 14.6. The molecule has 1 fully saturated rings. The van der Waals surface area contributed by atoms with Gasteiger partial charge in [0.1, 0.15) is 11.9 Å². The van der Waals surface area contributed by atoms with Crippen molar-refractivity contribution >= 4 is 11.8 Å². The van der Waals surface area contributed by atoms with Gasteiger partial charge in [0.2, 0.25) is 11.8 Å². The summed E-state index contributed by atoms with van der Waals surface area (Å²) >= 11 is 0. The number of amides is 2. The molecule has 38 heavy (non-hydrogen) atoms. The van der Waals surface area contributed by atoms with Crippen molar-refractivity contribution in [1.82, 2.24) is 10.2 Å². The summed E-state index contributed by atoms with van der Waals surface area (Å²) in [5, 5.41) is 3.23. The van der Waals surface area contributed by atoms with Crippen LogP contribution in [0.15, 0.2) is 78.9 Å². The van der Waals surface area contributed by atoms with Crippen molar-refractivity contribution < 1.29 is 14.0 Å². The molecule has 0 aliphatic heterocycles. The van der Waals surface area contributed by atoms with Crippen LogP contribution in [0.3, 0.4) is 0 Å². The van der Waals surface area contributed by atoms with Gasteiger partial charge in [-0.1, -0.05) is 99.0 Å². The average Bonchev–Trinajstić information content (AvgIpc) is 2.96. The third kappa shape index (κ3) is 7.77. The summed E-state index contributed by atoms with van der Waals surface area (Å²) in [5.74, 6) is -0.670. The molecule has 1 saturated carbocycles. The van der Waals surface area contributed by atoms with Gasteiger partial charge in [-0.05, 0) is 48.4 Å².